The van der Waals surface area contributed by atoms with Crippen LogP contribution in [-0.2, 0) is 4.79 Å². The van der Waals surface area contributed by atoms with Gasteiger partial charge in [-0.3, -0.25) is 9.59 Å². The normalized spacial score (nSPS) is 12.2. The quantitative estimate of drug-likeness (QED) is 0.829. The van der Waals surface area contributed by atoms with E-state index in [1.54, 1.807) is 0 Å². The minimum Gasteiger partial charge on any atom is -0.481 e. The minimum absolute atomic E-state index is 0.128. The molecule has 1 atom stereocenters. The number of carboxylic acid groups (broad SMARTS) is 1. The molecule has 0 saturated carbocycles. The summed E-state index contributed by atoms with van der Waals surface area (Å²) in [7, 11) is 0. The third-order valence-corrected chi connectivity index (χ3v) is 2.44. The third kappa shape index (κ3) is 3.03. The number of hydrogen-bond donors (Lipinski definition) is 1. The van der Waals surface area contributed by atoms with Crippen LogP contribution in [-0.4, -0.2) is 16.9 Å². The Hall–Kier alpha value is -1.42. The first-order valence-corrected chi connectivity index (χ1v) is 5.00. The Labute approximate surface area is 96.8 Å². The number of carbonyl (C=O) groups excluding carboxylic acids is 1. The monoisotopic (exact) mass is 244 g/mol. The Morgan fingerprint density at radius 2 is 2.12 bits per heavy atom. The van der Waals surface area contributed by atoms with Crippen LogP contribution in [0.2, 0.25) is 5.02 Å². The summed E-state index contributed by atoms with van der Waals surface area (Å²) >= 11 is 5.51. The molecule has 0 saturated heterocycles. The lowest BCUT2D eigenvalue weighted by molar-refractivity contribution is -0.141. The molecule has 3 nitrogen and oxygen atoms in total. The zero-order chi connectivity index (χ0) is 12.3. The van der Waals surface area contributed by atoms with Gasteiger partial charge in [0, 0.05) is 12.0 Å². The van der Waals surface area contributed by atoms with Gasteiger partial charge in [-0.15, -0.1) is 0 Å². The smallest absolute Gasteiger partial charge is 0.306 e. The van der Waals surface area contributed by atoms with Crippen LogP contribution in [0.4, 0.5) is 4.39 Å². The average Bonchev–Trinajstić information content (AvgIpc) is 2.21. The molecule has 1 N–H and O–H groups in total. The second kappa shape index (κ2) is 5.07. The predicted octanol–water partition coefficient (Wildman–Crippen LogP) is 2.77. The zero-order valence-electron chi connectivity index (χ0n) is 8.54. The second-order valence-corrected chi connectivity index (χ2v) is 3.90. The standard InChI is InChI=1S/C11H10ClFO3/c1-6(11(15)16)4-10(14)7-2-3-9(13)8(12)5-7/h2-3,5-6H,4H2,1H3,(H,15,16). The minimum atomic E-state index is -1.04. The van der Waals surface area contributed by atoms with Crippen molar-refractivity contribution in [3.63, 3.8) is 0 Å². The average molecular weight is 245 g/mol. The van der Waals surface area contributed by atoms with Crippen LogP contribution in [0, 0.1) is 11.7 Å². The lowest BCUT2D eigenvalue weighted by Gasteiger charge is -2.05. The summed E-state index contributed by atoms with van der Waals surface area (Å²) in [5, 5.41) is 8.49. The molecule has 86 valence electrons. The van der Waals surface area contributed by atoms with Crippen LogP contribution < -0.4 is 0 Å². The summed E-state index contributed by atoms with van der Waals surface area (Å²) in [5.74, 6) is -2.78. The van der Waals surface area contributed by atoms with Gasteiger partial charge >= 0.3 is 5.97 Å². The zero-order valence-corrected chi connectivity index (χ0v) is 9.29. The van der Waals surface area contributed by atoms with Gasteiger partial charge < -0.3 is 5.11 Å². The molecule has 1 rings (SSSR count). The Kier molecular flexibility index (Phi) is 4.01. The fourth-order valence-corrected chi connectivity index (χ4v) is 1.33. The molecule has 0 heterocycles. The summed E-state index contributed by atoms with van der Waals surface area (Å²) < 4.78 is 12.8. The van der Waals surface area contributed by atoms with Crippen molar-refractivity contribution >= 4 is 23.4 Å². The first-order chi connectivity index (χ1) is 7.41. The Balaban J connectivity index is 2.81. The molecular weight excluding hydrogens is 235 g/mol. The van der Waals surface area contributed by atoms with E-state index in [0.717, 1.165) is 6.07 Å². The van der Waals surface area contributed by atoms with Crippen molar-refractivity contribution in [2.45, 2.75) is 13.3 Å². The fourth-order valence-electron chi connectivity index (χ4n) is 1.15. The van der Waals surface area contributed by atoms with Crippen LogP contribution in [0.5, 0.6) is 0 Å². The van der Waals surface area contributed by atoms with E-state index in [0.29, 0.717) is 0 Å². The molecule has 5 heteroatoms. The summed E-state index contributed by atoms with van der Waals surface area (Å²) in [6.45, 7) is 1.44. The summed E-state index contributed by atoms with van der Waals surface area (Å²) in [5.41, 5.74) is 0.222. The second-order valence-electron chi connectivity index (χ2n) is 3.50. The van der Waals surface area contributed by atoms with Gasteiger partial charge in [-0.2, -0.15) is 0 Å². The number of ketones is 1. The van der Waals surface area contributed by atoms with Crippen LogP contribution >= 0.6 is 11.6 Å². The van der Waals surface area contributed by atoms with Crippen LogP contribution in [0.15, 0.2) is 18.2 Å². The highest BCUT2D eigenvalue weighted by Crippen LogP contribution is 2.18. The van der Waals surface area contributed by atoms with Crippen molar-refractivity contribution in [1.29, 1.82) is 0 Å². The first-order valence-electron chi connectivity index (χ1n) is 4.63. The number of halogens is 2. The van der Waals surface area contributed by atoms with Crippen molar-refractivity contribution in [2.75, 3.05) is 0 Å². The largest absolute Gasteiger partial charge is 0.481 e. The van der Waals surface area contributed by atoms with Crippen molar-refractivity contribution in [3.8, 4) is 0 Å². The van der Waals surface area contributed by atoms with Gasteiger partial charge in [-0.25, -0.2) is 4.39 Å². The maximum Gasteiger partial charge on any atom is 0.306 e. The van der Waals surface area contributed by atoms with E-state index in [1.807, 2.05) is 0 Å². The lowest BCUT2D eigenvalue weighted by atomic mass is 10.00. The van der Waals surface area contributed by atoms with Crippen LogP contribution in [0.1, 0.15) is 23.7 Å². The Morgan fingerprint density at radius 3 is 2.62 bits per heavy atom. The SMILES string of the molecule is CC(CC(=O)c1ccc(F)c(Cl)c1)C(=O)O. The molecular formula is C11H10ClFO3. The number of carbonyl (C=O) groups is 2. The van der Waals surface area contributed by atoms with E-state index in [4.69, 9.17) is 16.7 Å². The van der Waals surface area contributed by atoms with Crippen LogP contribution in [0.3, 0.4) is 0 Å². The number of Topliss-reactive ketones (excluding diaryl/α,β-unsaturated/α-hetero) is 1. The number of hydrogen-bond acceptors (Lipinski definition) is 2. The van der Waals surface area contributed by atoms with Gasteiger partial charge in [-0.05, 0) is 18.2 Å². The maximum absolute atomic E-state index is 12.8. The van der Waals surface area contributed by atoms with Crippen LogP contribution in [0.25, 0.3) is 0 Å². The van der Waals surface area contributed by atoms with Crippen molar-refractivity contribution in [3.05, 3.63) is 34.6 Å². The van der Waals surface area contributed by atoms with Crippen molar-refractivity contribution in [2.24, 2.45) is 5.92 Å². The molecule has 0 fully saturated rings. The van der Waals surface area contributed by atoms with Gasteiger partial charge in [0.05, 0.1) is 10.9 Å². The molecule has 0 amide bonds. The van der Waals surface area contributed by atoms with E-state index in [1.165, 1.54) is 19.1 Å². The van der Waals surface area contributed by atoms with Crippen molar-refractivity contribution < 1.29 is 19.1 Å². The van der Waals surface area contributed by atoms with Crippen molar-refractivity contribution in [1.82, 2.24) is 0 Å². The third-order valence-electron chi connectivity index (χ3n) is 2.15. The highest BCUT2D eigenvalue weighted by atomic mass is 35.5. The van der Waals surface area contributed by atoms with Gasteiger partial charge in [0.25, 0.3) is 0 Å². The molecule has 0 aliphatic carbocycles. The topological polar surface area (TPSA) is 54.4 Å². The molecule has 0 aliphatic rings. The maximum atomic E-state index is 12.8. The van der Waals surface area contributed by atoms with Gasteiger partial charge in [0.1, 0.15) is 5.82 Å². The highest BCUT2D eigenvalue weighted by molar-refractivity contribution is 6.31. The molecule has 0 spiro atoms. The lowest BCUT2D eigenvalue weighted by Crippen LogP contribution is -2.14. The first kappa shape index (κ1) is 12.6. The summed E-state index contributed by atoms with van der Waals surface area (Å²) in [6.07, 6.45) is -0.128. The molecule has 0 aliphatic heterocycles. The highest BCUT2D eigenvalue weighted by Gasteiger charge is 2.17. The molecule has 1 aromatic carbocycles. The van der Waals surface area contributed by atoms with E-state index in [2.05, 4.69) is 0 Å². The molecule has 0 radical (unpaired) electrons. The number of rotatable bonds is 4. The van der Waals surface area contributed by atoms with E-state index < -0.39 is 17.7 Å². The number of carboxylic acids is 1. The molecule has 1 unspecified atom stereocenters. The number of aliphatic carboxylic acids is 1. The predicted molar refractivity (Wildman–Crippen MR) is 57.2 cm³/mol. The van der Waals surface area contributed by atoms with E-state index >= 15 is 0 Å². The summed E-state index contributed by atoms with van der Waals surface area (Å²) in [4.78, 5) is 22.1. The number of benzene rings is 1. The van der Waals surface area contributed by atoms with Gasteiger partial charge in [0.2, 0.25) is 0 Å². The molecule has 16 heavy (non-hydrogen) atoms. The molecule has 0 aromatic heterocycles. The Bertz CT molecular complexity index is 431. The van der Waals surface area contributed by atoms with E-state index in [-0.39, 0.29) is 22.8 Å². The van der Waals surface area contributed by atoms with E-state index in [9.17, 15) is 14.0 Å². The fraction of sp³-hybridized carbons (Fsp3) is 0.273. The summed E-state index contributed by atoms with van der Waals surface area (Å²) in [6, 6.07) is 3.58. The van der Waals surface area contributed by atoms with Gasteiger partial charge in [0.15, 0.2) is 5.78 Å². The molecule has 0 bridgehead atoms. The van der Waals surface area contributed by atoms with Gasteiger partial charge in [-0.1, -0.05) is 18.5 Å². The Morgan fingerprint density at radius 1 is 1.50 bits per heavy atom. The molecule has 1 aromatic rings.